The number of phenols is 1. The van der Waals surface area contributed by atoms with Crippen molar-refractivity contribution in [2.45, 2.75) is 13.5 Å². The fourth-order valence-electron chi connectivity index (χ4n) is 1.63. The third-order valence-electron chi connectivity index (χ3n) is 2.44. The van der Waals surface area contributed by atoms with Gasteiger partial charge in [-0.15, -0.1) is 0 Å². The van der Waals surface area contributed by atoms with Crippen LogP contribution < -0.4 is 4.74 Å². The molecule has 2 aromatic rings. The number of hydrogen-bond acceptors (Lipinski definition) is 2. The predicted molar refractivity (Wildman–Crippen MR) is 71.3 cm³/mol. The summed E-state index contributed by atoms with van der Waals surface area (Å²) in [6.45, 7) is 1.97. The molecule has 0 fully saturated rings. The Bertz CT molecular complexity index is 549. The fourth-order valence-corrected chi connectivity index (χ4v) is 2.04. The molecule has 18 heavy (non-hydrogen) atoms. The van der Waals surface area contributed by atoms with Crippen molar-refractivity contribution in [2.75, 3.05) is 0 Å². The van der Waals surface area contributed by atoms with Crippen LogP contribution in [0.3, 0.4) is 0 Å². The molecule has 0 heterocycles. The molecule has 2 aromatic carbocycles. The van der Waals surface area contributed by atoms with Crippen LogP contribution in [-0.4, -0.2) is 5.11 Å². The average molecular weight is 311 g/mol. The molecule has 0 aliphatic rings. The summed E-state index contributed by atoms with van der Waals surface area (Å²) in [4.78, 5) is 0. The van der Waals surface area contributed by atoms with Gasteiger partial charge in [-0.3, -0.25) is 0 Å². The normalized spacial score (nSPS) is 10.4. The number of aromatic hydroxyl groups is 1. The highest BCUT2D eigenvalue weighted by molar-refractivity contribution is 9.10. The van der Waals surface area contributed by atoms with Crippen molar-refractivity contribution < 1.29 is 14.2 Å². The summed E-state index contributed by atoms with van der Waals surface area (Å²) >= 11 is 3.28. The van der Waals surface area contributed by atoms with Crippen molar-refractivity contribution in [3.8, 4) is 11.5 Å². The van der Waals surface area contributed by atoms with Gasteiger partial charge in [0.05, 0.1) is 0 Å². The smallest absolute Gasteiger partial charge is 0.129 e. The van der Waals surface area contributed by atoms with Gasteiger partial charge in [0.2, 0.25) is 0 Å². The number of ether oxygens (including phenoxy) is 1. The van der Waals surface area contributed by atoms with Crippen molar-refractivity contribution in [2.24, 2.45) is 0 Å². The topological polar surface area (TPSA) is 29.5 Å². The monoisotopic (exact) mass is 310 g/mol. The van der Waals surface area contributed by atoms with E-state index in [1.807, 2.05) is 6.92 Å². The van der Waals surface area contributed by atoms with Gasteiger partial charge in [0.15, 0.2) is 0 Å². The first-order chi connectivity index (χ1) is 8.54. The molecule has 0 bridgehead atoms. The second-order valence-corrected chi connectivity index (χ2v) is 4.94. The molecule has 0 saturated heterocycles. The first-order valence-corrected chi connectivity index (χ1v) is 6.21. The molecule has 94 valence electrons. The van der Waals surface area contributed by atoms with Crippen LogP contribution in [0.5, 0.6) is 11.5 Å². The first kappa shape index (κ1) is 12.9. The van der Waals surface area contributed by atoms with Crippen LogP contribution in [0.15, 0.2) is 40.9 Å². The van der Waals surface area contributed by atoms with Crippen LogP contribution in [0.4, 0.5) is 4.39 Å². The molecular formula is C14H12BrFO2. The molecule has 0 radical (unpaired) electrons. The van der Waals surface area contributed by atoms with Crippen LogP contribution in [0.2, 0.25) is 0 Å². The number of halogens is 2. The van der Waals surface area contributed by atoms with E-state index in [2.05, 4.69) is 15.9 Å². The van der Waals surface area contributed by atoms with Gasteiger partial charge in [0.1, 0.15) is 23.9 Å². The number of hydrogen-bond donors (Lipinski definition) is 1. The molecule has 4 heteroatoms. The standard InChI is InChI=1S/C14H12BrFO2/c1-9-4-12(17)7-13(5-9)18-8-10-6-11(15)2-3-14(10)16/h2-7,17H,8H2,1H3. The summed E-state index contributed by atoms with van der Waals surface area (Å²) in [6, 6.07) is 9.61. The van der Waals surface area contributed by atoms with Gasteiger partial charge in [-0.25, -0.2) is 4.39 Å². The Kier molecular flexibility index (Phi) is 3.87. The lowest BCUT2D eigenvalue weighted by molar-refractivity contribution is 0.298. The second-order valence-electron chi connectivity index (χ2n) is 4.03. The maximum atomic E-state index is 13.5. The molecule has 2 rings (SSSR count). The summed E-state index contributed by atoms with van der Waals surface area (Å²) in [5.41, 5.74) is 1.35. The first-order valence-electron chi connectivity index (χ1n) is 5.42. The van der Waals surface area contributed by atoms with Crippen LogP contribution in [0.25, 0.3) is 0 Å². The molecule has 0 aliphatic heterocycles. The summed E-state index contributed by atoms with van der Waals surface area (Å²) < 4.78 is 19.7. The Labute approximate surface area is 113 Å². The van der Waals surface area contributed by atoms with Crippen molar-refractivity contribution in [3.05, 3.63) is 57.8 Å². The van der Waals surface area contributed by atoms with E-state index in [0.717, 1.165) is 10.0 Å². The highest BCUT2D eigenvalue weighted by Crippen LogP contribution is 2.23. The molecule has 0 unspecified atom stereocenters. The van der Waals surface area contributed by atoms with E-state index in [1.54, 1.807) is 24.3 Å². The number of benzene rings is 2. The minimum atomic E-state index is -0.310. The molecule has 0 spiro atoms. The van der Waals surface area contributed by atoms with E-state index >= 15 is 0 Å². The highest BCUT2D eigenvalue weighted by Gasteiger charge is 2.05. The van der Waals surface area contributed by atoms with Crippen molar-refractivity contribution >= 4 is 15.9 Å². The van der Waals surface area contributed by atoms with Gasteiger partial charge in [0, 0.05) is 16.1 Å². The number of phenolic OH excluding ortho intramolecular Hbond substituents is 1. The Balaban J connectivity index is 2.13. The minimum Gasteiger partial charge on any atom is -0.508 e. The Morgan fingerprint density at radius 2 is 2.00 bits per heavy atom. The largest absolute Gasteiger partial charge is 0.508 e. The molecule has 0 aliphatic carbocycles. The maximum absolute atomic E-state index is 13.5. The van der Waals surface area contributed by atoms with Crippen LogP contribution >= 0.6 is 15.9 Å². The average Bonchev–Trinajstić information content (AvgIpc) is 2.29. The Hall–Kier alpha value is -1.55. The van der Waals surface area contributed by atoms with Crippen LogP contribution in [0, 0.1) is 12.7 Å². The lowest BCUT2D eigenvalue weighted by Gasteiger charge is -2.09. The Morgan fingerprint density at radius 1 is 1.22 bits per heavy atom. The number of aryl methyl sites for hydroxylation is 1. The van der Waals surface area contributed by atoms with Gasteiger partial charge in [0.25, 0.3) is 0 Å². The highest BCUT2D eigenvalue weighted by atomic mass is 79.9. The van der Waals surface area contributed by atoms with Gasteiger partial charge < -0.3 is 9.84 Å². The molecule has 2 nitrogen and oxygen atoms in total. The van der Waals surface area contributed by atoms with Crippen LogP contribution in [-0.2, 0) is 6.61 Å². The quantitative estimate of drug-likeness (QED) is 0.921. The summed E-state index contributed by atoms with van der Waals surface area (Å²) in [5.74, 6) is 0.349. The number of rotatable bonds is 3. The molecule has 0 atom stereocenters. The van der Waals surface area contributed by atoms with E-state index in [-0.39, 0.29) is 18.2 Å². The van der Waals surface area contributed by atoms with E-state index < -0.39 is 0 Å². The third kappa shape index (κ3) is 3.23. The lowest BCUT2D eigenvalue weighted by atomic mass is 10.2. The summed E-state index contributed by atoms with van der Waals surface area (Å²) in [7, 11) is 0. The third-order valence-corrected chi connectivity index (χ3v) is 2.93. The summed E-state index contributed by atoms with van der Waals surface area (Å²) in [5, 5.41) is 9.43. The Morgan fingerprint density at radius 3 is 2.72 bits per heavy atom. The lowest BCUT2D eigenvalue weighted by Crippen LogP contribution is -1.98. The zero-order valence-electron chi connectivity index (χ0n) is 9.78. The zero-order chi connectivity index (χ0) is 13.1. The van der Waals surface area contributed by atoms with Gasteiger partial charge >= 0.3 is 0 Å². The molecule has 0 aromatic heterocycles. The van der Waals surface area contributed by atoms with Gasteiger partial charge in [-0.1, -0.05) is 15.9 Å². The van der Waals surface area contributed by atoms with Crippen LogP contribution in [0.1, 0.15) is 11.1 Å². The molecule has 0 saturated carbocycles. The second kappa shape index (κ2) is 5.40. The van der Waals surface area contributed by atoms with Gasteiger partial charge in [-0.2, -0.15) is 0 Å². The van der Waals surface area contributed by atoms with E-state index in [9.17, 15) is 9.50 Å². The fraction of sp³-hybridized carbons (Fsp3) is 0.143. The van der Waals surface area contributed by atoms with Crippen molar-refractivity contribution in [3.63, 3.8) is 0 Å². The van der Waals surface area contributed by atoms with E-state index in [0.29, 0.717) is 11.3 Å². The summed E-state index contributed by atoms with van der Waals surface area (Å²) in [6.07, 6.45) is 0. The maximum Gasteiger partial charge on any atom is 0.129 e. The van der Waals surface area contributed by atoms with Crippen molar-refractivity contribution in [1.82, 2.24) is 0 Å². The predicted octanol–water partition coefficient (Wildman–Crippen LogP) is 4.18. The molecule has 1 N–H and O–H groups in total. The zero-order valence-corrected chi connectivity index (χ0v) is 11.4. The van der Waals surface area contributed by atoms with Crippen molar-refractivity contribution in [1.29, 1.82) is 0 Å². The SMILES string of the molecule is Cc1cc(O)cc(OCc2cc(Br)ccc2F)c1. The van der Waals surface area contributed by atoms with Gasteiger partial charge in [-0.05, 0) is 42.8 Å². The molecule has 0 amide bonds. The minimum absolute atomic E-state index is 0.119. The molecular weight excluding hydrogens is 299 g/mol. The van der Waals surface area contributed by atoms with E-state index in [4.69, 9.17) is 4.74 Å². The van der Waals surface area contributed by atoms with E-state index in [1.165, 1.54) is 12.1 Å².